The molecule has 5 nitrogen and oxygen atoms in total. The quantitative estimate of drug-likeness (QED) is 0.424. The molecule has 0 radical (unpaired) electrons. The topological polar surface area (TPSA) is 49.3 Å². The maximum absolute atomic E-state index is 13.0. The maximum atomic E-state index is 13.0. The summed E-state index contributed by atoms with van der Waals surface area (Å²) in [5, 5.41) is 2.83. The van der Waals surface area contributed by atoms with Gasteiger partial charge in [0.25, 0.3) is 0 Å². The van der Waals surface area contributed by atoms with Gasteiger partial charge < -0.3 is 4.90 Å². The van der Waals surface area contributed by atoms with Crippen LogP contribution in [0.1, 0.15) is 22.9 Å². The average Bonchev–Trinajstić information content (AvgIpc) is 3.35. The summed E-state index contributed by atoms with van der Waals surface area (Å²) in [6.07, 6.45) is 2.10. The van der Waals surface area contributed by atoms with Gasteiger partial charge in [-0.25, -0.2) is 4.98 Å². The van der Waals surface area contributed by atoms with Crippen molar-refractivity contribution in [2.45, 2.75) is 12.5 Å². The van der Waals surface area contributed by atoms with Crippen LogP contribution in [0.2, 0.25) is 0 Å². The minimum atomic E-state index is 0.142. The van der Waals surface area contributed by atoms with Gasteiger partial charge in [-0.2, -0.15) is 0 Å². The van der Waals surface area contributed by atoms with E-state index >= 15 is 0 Å². The van der Waals surface area contributed by atoms with Crippen LogP contribution < -0.4 is 0 Å². The number of amides is 1. The Labute approximate surface area is 198 Å². The number of benzene rings is 2. The van der Waals surface area contributed by atoms with E-state index in [1.165, 1.54) is 22.5 Å². The SMILES string of the molecule is O=C(Cc1csc(-c2ccccn2)n1)N1CCN(C(c2ccccc2)c2ccccc2)CC1. The van der Waals surface area contributed by atoms with Gasteiger partial charge in [0.15, 0.2) is 0 Å². The van der Waals surface area contributed by atoms with Crippen molar-refractivity contribution >= 4 is 17.2 Å². The van der Waals surface area contributed by atoms with Crippen molar-refractivity contribution in [3.05, 3.63) is 107 Å². The predicted molar refractivity (Wildman–Crippen MR) is 132 cm³/mol. The van der Waals surface area contributed by atoms with E-state index in [1.807, 2.05) is 28.5 Å². The molecular formula is C27H26N4OS. The smallest absolute Gasteiger partial charge is 0.228 e. The summed E-state index contributed by atoms with van der Waals surface area (Å²) >= 11 is 1.54. The van der Waals surface area contributed by atoms with E-state index < -0.39 is 0 Å². The molecule has 2 aromatic carbocycles. The molecule has 1 fully saturated rings. The lowest BCUT2D eigenvalue weighted by Crippen LogP contribution is -2.50. The largest absolute Gasteiger partial charge is 0.340 e. The van der Waals surface area contributed by atoms with Gasteiger partial charge in [0.2, 0.25) is 5.91 Å². The van der Waals surface area contributed by atoms with Crippen LogP contribution in [0.3, 0.4) is 0 Å². The van der Waals surface area contributed by atoms with Crippen molar-refractivity contribution < 1.29 is 4.79 Å². The molecule has 166 valence electrons. The molecular weight excluding hydrogens is 428 g/mol. The number of carbonyl (C=O) groups excluding carboxylic acids is 1. The van der Waals surface area contributed by atoms with Gasteiger partial charge in [-0.15, -0.1) is 11.3 Å². The number of pyridine rings is 1. The van der Waals surface area contributed by atoms with Crippen LogP contribution in [0, 0.1) is 0 Å². The van der Waals surface area contributed by atoms with Crippen LogP contribution >= 0.6 is 11.3 Å². The highest BCUT2D eigenvalue weighted by molar-refractivity contribution is 7.13. The molecule has 1 aliphatic rings. The zero-order valence-electron chi connectivity index (χ0n) is 18.4. The van der Waals surface area contributed by atoms with Crippen molar-refractivity contribution in [2.24, 2.45) is 0 Å². The third-order valence-corrected chi connectivity index (χ3v) is 6.94. The summed E-state index contributed by atoms with van der Waals surface area (Å²) in [6, 6.07) is 27.2. The first-order chi connectivity index (χ1) is 16.3. The summed E-state index contributed by atoms with van der Waals surface area (Å²) in [5.41, 5.74) is 4.24. The maximum Gasteiger partial charge on any atom is 0.228 e. The van der Waals surface area contributed by atoms with Crippen LogP contribution in [-0.2, 0) is 11.2 Å². The van der Waals surface area contributed by atoms with E-state index in [1.54, 1.807) is 6.20 Å². The molecule has 4 aromatic rings. The minimum Gasteiger partial charge on any atom is -0.340 e. The number of rotatable bonds is 6. The van der Waals surface area contributed by atoms with Crippen LogP contribution in [0.15, 0.2) is 90.4 Å². The lowest BCUT2D eigenvalue weighted by atomic mass is 9.96. The molecule has 5 rings (SSSR count). The molecule has 6 heteroatoms. The molecule has 3 heterocycles. The summed E-state index contributed by atoms with van der Waals surface area (Å²) in [5.74, 6) is 0.142. The van der Waals surface area contributed by atoms with E-state index in [0.29, 0.717) is 6.42 Å². The number of aromatic nitrogens is 2. The van der Waals surface area contributed by atoms with E-state index in [4.69, 9.17) is 0 Å². The van der Waals surface area contributed by atoms with Gasteiger partial charge in [-0.3, -0.25) is 14.7 Å². The average molecular weight is 455 g/mol. The van der Waals surface area contributed by atoms with Crippen LogP contribution in [0.4, 0.5) is 0 Å². The molecule has 33 heavy (non-hydrogen) atoms. The van der Waals surface area contributed by atoms with E-state index in [0.717, 1.165) is 42.6 Å². The molecule has 0 unspecified atom stereocenters. The van der Waals surface area contributed by atoms with Crippen molar-refractivity contribution in [1.82, 2.24) is 19.8 Å². The second-order valence-electron chi connectivity index (χ2n) is 8.18. The normalized spacial score (nSPS) is 14.5. The molecule has 1 saturated heterocycles. The monoisotopic (exact) mass is 454 g/mol. The van der Waals surface area contributed by atoms with Gasteiger partial charge in [0.05, 0.1) is 23.9 Å². The second kappa shape index (κ2) is 10.1. The van der Waals surface area contributed by atoms with E-state index in [-0.39, 0.29) is 11.9 Å². The number of nitrogens with zero attached hydrogens (tertiary/aromatic N) is 4. The summed E-state index contributed by atoms with van der Waals surface area (Å²) in [7, 11) is 0. The standard InChI is InChI=1S/C27H26N4OS/c32-25(19-23-20-33-27(29-23)24-13-7-8-14-28-24)30-15-17-31(18-16-30)26(21-9-3-1-4-10-21)22-11-5-2-6-12-22/h1-14,20,26H,15-19H2. The Kier molecular flexibility index (Phi) is 6.56. The molecule has 2 aromatic heterocycles. The Morgan fingerprint density at radius 3 is 2.09 bits per heavy atom. The predicted octanol–water partition coefficient (Wildman–Crippen LogP) is 4.68. The van der Waals surface area contributed by atoms with E-state index in [2.05, 4.69) is 75.5 Å². The molecule has 1 aliphatic heterocycles. The number of hydrogen-bond acceptors (Lipinski definition) is 5. The number of hydrogen-bond donors (Lipinski definition) is 0. The number of thiazole rings is 1. The highest BCUT2D eigenvalue weighted by Gasteiger charge is 2.28. The third kappa shape index (κ3) is 5.02. The fourth-order valence-electron chi connectivity index (χ4n) is 4.38. The minimum absolute atomic E-state index is 0.142. The zero-order valence-corrected chi connectivity index (χ0v) is 19.2. The summed E-state index contributed by atoms with van der Waals surface area (Å²) in [4.78, 5) is 26.4. The van der Waals surface area contributed by atoms with Crippen molar-refractivity contribution in [2.75, 3.05) is 26.2 Å². The van der Waals surface area contributed by atoms with Crippen LogP contribution in [0.25, 0.3) is 10.7 Å². The van der Waals surface area contributed by atoms with Gasteiger partial charge >= 0.3 is 0 Å². The van der Waals surface area contributed by atoms with Gasteiger partial charge in [0, 0.05) is 37.8 Å². The Bertz CT molecular complexity index is 1130. The molecule has 0 atom stereocenters. The van der Waals surface area contributed by atoms with Crippen molar-refractivity contribution in [1.29, 1.82) is 0 Å². The van der Waals surface area contributed by atoms with Gasteiger partial charge in [-0.05, 0) is 23.3 Å². The third-order valence-electron chi connectivity index (χ3n) is 6.03. The first-order valence-corrected chi connectivity index (χ1v) is 12.1. The van der Waals surface area contributed by atoms with Crippen molar-refractivity contribution in [3.8, 4) is 10.7 Å². The highest BCUT2D eigenvalue weighted by Crippen LogP contribution is 2.29. The first kappa shape index (κ1) is 21.5. The molecule has 0 spiro atoms. The summed E-state index contributed by atoms with van der Waals surface area (Å²) in [6.45, 7) is 3.14. The van der Waals surface area contributed by atoms with Crippen LogP contribution in [-0.4, -0.2) is 51.9 Å². The molecule has 0 aliphatic carbocycles. The van der Waals surface area contributed by atoms with Gasteiger partial charge in [-0.1, -0.05) is 66.7 Å². The zero-order chi connectivity index (χ0) is 22.5. The fraction of sp³-hybridized carbons (Fsp3) is 0.222. The first-order valence-electron chi connectivity index (χ1n) is 11.3. The Morgan fingerprint density at radius 2 is 1.48 bits per heavy atom. The highest BCUT2D eigenvalue weighted by atomic mass is 32.1. The second-order valence-corrected chi connectivity index (χ2v) is 9.03. The molecule has 0 bridgehead atoms. The molecule has 0 saturated carbocycles. The Hall–Kier alpha value is -3.35. The fourth-order valence-corrected chi connectivity index (χ4v) is 5.17. The lowest BCUT2D eigenvalue weighted by molar-refractivity contribution is -0.132. The van der Waals surface area contributed by atoms with Crippen molar-refractivity contribution in [3.63, 3.8) is 0 Å². The Morgan fingerprint density at radius 1 is 0.848 bits per heavy atom. The summed E-state index contributed by atoms with van der Waals surface area (Å²) < 4.78 is 0. The van der Waals surface area contributed by atoms with Crippen LogP contribution in [0.5, 0.6) is 0 Å². The molecule has 1 amide bonds. The van der Waals surface area contributed by atoms with E-state index in [9.17, 15) is 4.79 Å². The van der Waals surface area contributed by atoms with Gasteiger partial charge in [0.1, 0.15) is 5.01 Å². The molecule has 0 N–H and O–H groups in total. The number of piperazine rings is 1. The number of carbonyl (C=O) groups is 1. The lowest BCUT2D eigenvalue weighted by Gasteiger charge is -2.39. The Balaban J connectivity index is 1.24.